The molecular weight excluding hydrogens is 345 g/mol. The Morgan fingerprint density at radius 2 is 1.81 bits per heavy atom. The molecule has 0 bridgehead atoms. The van der Waals surface area contributed by atoms with Gasteiger partial charge in [0.25, 0.3) is 5.91 Å². The molecule has 1 amide bonds. The summed E-state index contributed by atoms with van der Waals surface area (Å²) in [5.74, 6) is -0.782. The molecule has 0 radical (unpaired) electrons. The lowest BCUT2D eigenvalue weighted by Crippen LogP contribution is -2.30. The third-order valence-corrected chi connectivity index (χ3v) is 4.77. The van der Waals surface area contributed by atoms with Gasteiger partial charge >= 0.3 is 0 Å². The van der Waals surface area contributed by atoms with Gasteiger partial charge in [-0.25, -0.2) is 4.39 Å². The van der Waals surface area contributed by atoms with Crippen LogP contribution in [0.3, 0.4) is 0 Å². The van der Waals surface area contributed by atoms with Gasteiger partial charge < -0.3 is 14.4 Å². The first-order chi connectivity index (χ1) is 13.1. The molecule has 5 heteroatoms. The molecule has 2 aromatic carbocycles. The van der Waals surface area contributed by atoms with Crippen molar-refractivity contribution in [2.24, 2.45) is 0 Å². The Morgan fingerprint density at radius 1 is 1.07 bits per heavy atom. The van der Waals surface area contributed by atoms with Gasteiger partial charge in [0.2, 0.25) is 0 Å². The third kappa shape index (κ3) is 3.01. The molecule has 27 heavy (non-hydrogen) atoms. The van der Waals surface area contributed by atoms with E-state index in [-0.39, 0.29) is 12.3 Å². The van der Waals surface area contributed by atoms with E-state index >= 15 is 0 Å². The maximum Gasteiger partial charge on any atom is 0.290 e. The molecular formula is C22H18FNO3. The molecule has 4 nitrogen and oxygen atoms in total. The van der Waals surface area contributed by atoms with Gasteiger partial charge in [0.1, 0.15) is 11.6 Å². The Kier molecular flexibility index (Phi) is 4.28. The van der Waals surface area contributed by atoms with Gasteiger partial charge in [0.05, 0.1) is 18.8 Å². The van der Waals surface area contributed by atoms with Crippen molar-refractivity contribution in [3.05, 3.63) is 101 Å². The number of hydrogen-bond acceptors (Lipinski definition) is 3. The number of carbonyl (C=O) groups is 1. The minimum absolute atomic E-state index is 0.129. The first-order valence-electron chi connectivity index (χ1n) is 8.64. The van der Waals surface area contributed by atoms with Crippen molar-refractivity contribution in [3.63, 3.8) is 0 Å². The molecule has 2 heterocycles. The first kappa shape index (κ1) is 17.1. The van der Waals surface area contributed by atoms with Crippen LogP contribution in [0.5, 0.6) is 0 Å². The van der Waals surface area contributed by atoms with Gasteiger partial charge in [-0.3, -0.25) is 4.79 Å². The highest BCUT2D eigenvalue weighted by molar-refractivity contribution is 6.05. The summed E-state index contributed by atoms with van der Waals surface area (Å²) in [5, 5.41) is 10.6. The number of hydrogen-bond donors (Lipinski definition) is 1. The number of aryl methyl sites for hydroxylation is 1. The molecule has 0 saturated heterocycles. The van der Waals surface area contributed by atoms with Crippen LogP contribution in [0.4, 0.5) is 4.39 Å². The number of amides is 1. The van der Waals surface area contributed by atoms with Crippen molar-refractivity contribution >= 4 is 11.5 Å². The smallest absolute Gasteiger partial charge is 0.290 e. The van der Waals surface area contributed by atoms with E-state index < -0.39 is 17.8 Å². The van der Waals surface area contributed by atoms with Crippen LogP contribution < -0.4 is 0 Å². The molecule has 4 rings (SSSR count). The summed E-state index contributed by atoms with van der Waals surface area (Å²) >= 11 is 0. The van der Waals surface area contributed by atoms with Gasteiger partial charge in [0, 0.05) is 11.1 Å². The normalized spacial score (nSPS) is 17.0. The summed E-state index contributed by atoms with van der Waals surface area (Å²) in [7, 11) is 0. The van der Waals surface area contributed by atoms with E-state index in [0.29, 0.717) is 22.5 Å². The Hall–Kier alpha value is -3.34. The van der Waals surface area contributed by atoms with Crippen LogP contribution in [-0.4, -0.2) is 15.9 Å². The number of carbonyl (C=O) groups excluding carboxylic acids is 1. The molecule has 0 unspecified atom stereocenters. The number of halogens is 1. The Labute approximate surface area is 156 Å². The van der Waals surface area contributed by atoms with Crippen LogP contribution in [0.25, 0.3) is 5.57 Å². The molecule has 0 fully saturated rings. The van der Waals surface area contributed by atoms with Crippen LogP contribution in [0.2, 0.25) is 0 Å². The highest BCUT2D eigenvalue weighted by Gasteiger charge is 2.42. The monoisotopic (exact) mass is 363 g/mol. The average molecular weight is 363 g/mol. The van der Waals surface area contributed by atoms with Crippen molar-refractivity contribution in [1.82, 2.24) is 4.90 Å². The zero-order valence-corrected chi connectivity index (χ0v) is 14.7. The summed E-state index contributed by atoms with van der Waals surface area (Å²) in [6.45, 7) is 2.08. The quantitative estimate of drug-likeness (QED) is 0.726. The number of rotatable bonds is 4. The second-order valence-corrected chi connectivity index (χ2v) is 6.56. The van der Waals surface area contributed by atoms with Gasteiger partial charge in [-0.15, -0.1) is 0 Å². The van der Waals surface area contributed by atoms with Gasteiger partial charge in [-0.2, -0.15) is 0 Å². The summed E-state index contributed by atoms with van der Waals surface area (Å²) in [6, 6.07) is 16.5. The standard InChI is InChI=1S/C22H18FNO3/c1-14-8-10-15(11-9-14)19-20(17-6-2-3-7-18(17)23)24(22(26)21(19)25)13-16-5-4-12-27-16/h2-12,20,25H,13H2,1H3/t20-/m0/s1. The summed E-state index contributed by atoms with van der Waals surface area (Å²) in [5.41, 5.74) is 2.47. The number of aliphatic hydroxyl groups excluding tert-OH is 1. The predicted octanol–water partition coefficient (Wildman–Crippen LogP) is 4.78. The zero-order valence-electron chi connectivity index (χ0n) is 14.7. The van der Waals surface area contributed by atoms with E-state index in [9.17, 15) is 14.3 Å². The molecule has 1 aliphatic rings. The molecule has 0 saturated carbocycles. The molecule has 1 aromatic heterocycles. The van der Waals surface area contributed by atoms with Crippen molar-refractivity contribution in [1.29, 1.82) is 0 Å². The van der Waals surface area contributed by atoms with Crippen molar-refractivity contribution in [3.8, 4) is 0 Å². The van der Waals surface area contributed by atoms with Crippen LogP contribution >= 0.6 is 0 Å². The number of nitrogens with zero attached hydrogens (tertiary/aromatic N) is 1. The van der Waals surface area contributed by atoms with Crippen LogP contribution in [0.1, 0.15) is 28.5 Å². The molecule has 3 aromatic rings. The lowest BCUT2D eigenvalue weighted by molar-refractivity contribution is -0.130. The molecule has 0 aliphatic carbocycles. The predicted molar refractivity (Wildman–Crippen MR) is 99.1 cm³/mol. The molecule has 136 valence electrons. The van der Waals surface area contributed by atoms with Gasteiger partial charge in [0.15, 0.2) is 5.76 Å². The molecule has 1 N–H and O–H groups in total. The molecule has 1 aliphatic heterocycles. The largest absolute Gasteiger partial charge is 0.503 e. The Balaban J connectivity index is 1.85. The van der Waals surface area contributed by atoms with Crippen LogP contribution in [-0.2, 0) is 11.3 Å². The molecule has 0 spiro atoms. The van der Waals surface area contributed by atoms with Crippen LogP contribution in [0.15, 0.2) is 77.1 Å². The Bertz CT molecular complexity index is 1010. The second kappa shape index (κ2) is 6.76. The molecule has 1 atom stereocenters. The maximum absolute atomic E-state index is 14.6. The van der Waals surface area contributed by atoms with E-state index in [0.717, 1.165) is 5.56 Å². The fourth-order valence-corrected chi connectivity index (χ4v) is 3.44. The SMILES string of the molecule is Cc1ccc(C2=C(O)C(=O)N(Cc3ccco3)[C@H]2c2ccccc2F)cc1. The lowest BCUT2D eigenvalue weighted by atomic mass is 9.92. The minimum Gasteiger partial charge on any atom is -0.503 e. The van der Waals surface area contributed by atoms with Gasteiger partial charge in [-0.1, -0.05) is 48.0 Å². The summed E-state index contributed by atoms with van der Waals surface area (Å²) in [6.07, 6.45) is 1.52. The number of benzene rings is 2. The average Bonchev–Trinajstić information content (AvgIpc) is 3.26. The highest BCUT2D eigenvalue weighted by Crippen LogP contribution is 2.44. The van der Waals surface area contributed by atoms with E-state index in [1.165, 1.54) is 17.2 Å². The summed E-state index contributed by atoms with van der Waals surface area (Å²) < 4.78 is 20.0. The lowest BCUT2D eigenvalue weighted by Gasteiger charge is -2.27. The Morgan fingerprint density at radius 3 is 2.48 bits per heavy atom. The highest BCUT2D eigenvalue weighted by atomic mass is 19.1. The van der Waals surface area contributed by atoms with Crippen molar-refractivity contribution in [2.75, 3.05) is 0 Å². The second-order valence-electron chi connectivity index (χ2n) is 6.56. The van der Waals surface area contributed by atoms with Gasteiger partial charge in [-0.05, 0) is 30.7 Å². The van der Waals surface area contributed by atoms with Crippen molar-refractivity contribution < 1.29 is 18.7 Å². The fourth-order valence-electron chi connectivity index (χ4n) is 3.44. The number of aliphatic hydroxyl groups is 1. The van der Waals surface area contributed by atoms with Crippen molar-refractivity contribution in [2.45, 2.75) is 19.5 Å². The van der Waals surface area contributed by atoms with E-state index in [1.54, 1.807) is 30.3 Å². The van der Waals surface area contributed by atoms with Crippen LogP contribution in [0, 0.1) is 12.7 Å². The van der Waals surface area contributed by atoms with E-state index in [2.05, 4.69) is 0 Å². The first-order valence-corrected chi connectivity index (χ1v) is 8.64. The maximum atomic E-state index is 14.6. The van der Waals surface area contributed by atoms with E-state index in [1.807, 2.05) is 31.2 Å². The fraction of sp³-hybridized carbons (Fsp3) is 0.136. The van der Waals surface area contributed by atoms with E-state index in [4.69, 9.17) is 4.42 Å². The topological polar surface area (TPSA) is 53.7 Å². The zero-order chi connectivity index (χ0) is 19.0. The minimum atomic E-state index is -0.744. The third-order valence-electron chi connectivity index (χ3n) is 4.77. The number of furan rings is 1. The summed E-state index contributed by atoms with van der Waals surface area (Å²) in [4.78, 5) is 14.3.